The maximum atomic E-state index is 11.8. The fourth-order valence-corrected chi connectivity index (χ4v) is 8.41. The molecule has 0 spiro atoms. The minimum atomic E-state index is -0.992. The second-order valence-electron chi connectivity index (χ2n) is 14.5. The number of aromatic carboxylic acids is 1. The summed E-state index contributed by atoms with van der Waals surface area (Å²) < 4.78 is 2.28. The molecule has 5 heterocycles. The van der Waals surface area contributed by atoms with Gasteiger partial charge in [0, 0.05) is 35.6 Å². The highest BCUT2D eigenvalue weighted by molar-refractivity contribution is 5.97. The van der Waals surface area contributed by atoms with Gasteiger partial charge >= 0.3 is 5.97 Å². The number of carboxylic acid groups (broad SMARTS) is 1. The maximum Gasteiger partial charge on any atom is 0.354 e. The third-order valence-electron chi connectivity index (χ3n) is 10.9. The van der Waals surface area contributed by atoms with Gasteiger partial charge in [-0.3, -0.25) is 4.98 Å². The number of rotatable bonds is 9. The van der Waals surface area contributed by atoms with Crippen LogP contribution < -0.4 is 0 Å². The minimum Gasteiger partial charge on any atom is -0.477 e. The van der Waals surface area contributed by atoms with E-state index in [9.17, 15) is 9.90 Å². The van der Waals surface area contributed by atoms with Crippen LogP contribution in [0, 0.1) is 19.8 Å². The predicted molar refractivity (Wildman–Crippen MR) is 206 cm³/mol. The fourth-order valence-electron chi connectivity index (χ4n) is 8.41. The van der Waals surface area contributed by atoms with Crippen LogP contribution in [0.5, 0.6) is 0 Å². The van der Waals surface area contributed by atoms with Crippen molar-refractivity contribution in [2.75, 3.05) is 19.6 Å². The predicted octanol–water partition coefficient (Wildman–Crippen LogP) is 10.6. The lowest BCUT2D eigenvalue weighted by molar-refractivity contribution is 0.0691. The molecule has 7 rings (SSSR count). The van der Waals surface area contributed by atoms with Crippen molar-refractivity contribution in [1.29, 1.82) is 0 Å². The third-order valence-corrected chi connectivity index (χ3v) is 10.9. The smallest absolute Gasteiger partial charge is 0.354 e. The van der Waals surface area contributed by atoms with E-state index >= 15 is 0 Å². The molecule has 50 heavy (non-hydrogen) atoms. The summed E-state index contributed by atoms with van der Waals surface area (Å²) in [6.07, 6.45) is 14.5. The van der Waals surface area contributed by atoms with Crippen molar-refractivity contribution in [3.8, 4) is 22.6 Å². The summed E-state index contributed by atoms with van der Waals surface area (Å²) in [6, 6.07) is 16.2. The molecule has 264 valence electrons. The summed E-state index contributed by atoms with van der Waals surface area (Å²) >= 11 is 0. The van der Waals surface area contributed by atoms with E-state index in [4.69, 9.17) is 4.98 Å². The molecule has 5 aromatic rings. The molecule has 1 aliphatic carbocycles. The molecular weight excluding hydrogens is 619 g/mol. The van der Waals surface area contributed by atoms with E-state index in [0.29, 0.717) is 5.92 Å². The van der Waals surface area contributed by atoms with Crippen molar-refractivity contribution < 1.29 is 9.90 Å². The van der Waals surface area contributed by atoms with E-state index in [-0.39, 0.29) is 5.69 Å². The zero-order valence-electron chi connectivity index (χ0n) is 30.8. The third kappa shape index (κ3) is 7.63. The van der Waals surface area contributed by atoms with Gasteiger partial charge in [-0.2, -0.15) is 0 Å². The Bertz CT molecular complexity index is 1940. The monoisotopic (exact) mass is 673 g/mol. The first-order valence-electron chi connectivity index (χ1n) is 19.1. The van der Waals surface area contributed by atoms with Crippen LogP contribution in [0.2, 0.25) is 0 Å². The molecule has 1 aromatic carbocycles. The molecule has 1 unspecified atom stereocenters. The molecule has 0 bridgehead atoms. The number of likely N-dealkylation sites (tertiary alicyclic amines) is 1. The Kier molecular flexibility index (Phi) is 11.6. The van der Waals surface area contributed by atoms with Gasteiger partial charge in [0.2, 0.25) is 0 Å². The highest BCUT2D eigenvalue weighted by Crippen LogP contribution is 2.45. The zero-order valence-corrected chi connectivity index (χ0v) is 30.8. The number of piperidine rings is 1. The number of pyridine rings is 3. The molecule has 7 nitrogen and oxygen atoms in total. The summed E-state index contributed by atoms with van der Waals surface area (Å²) in [7, 11) is 0. The first-order valence-corrected chi connectivity index (χ1v) is 19.1. The molecule has 1 atom stereocenters. The van der Waals surface area contributed by atoms with Gasteiger partial charge in [-0.15, -0.1) is 0 Å². The molecule has 2 fully saturated rings. The number of aryl methyl sites for hydroxylation is 3. The summed E-state index contributed by atoms with van der Waals surface area (Å²) in [4.78, 5) is 28.6. The van der Waals surface area contributed by atoms with Crippen molar-refractivity contribution in [3.63, 3.8) is 0 Å². The first kappa shape index (κ1) is 35.7. The molecular formula is C43H55N5O2. The normalized spacial score (nSPS) is 17.2. The molecule has 0 amide bonds. The number of carboxylic acids is 1. The van der Waals surface area contributed by atoms with Gasteiger partial charge in [0.1, 0.15) is 5.65 Å². The first-order chi connectivity index (χ1) is 24.3. The second kappa shape index (κ2) is 16.3. The fraction of sp³-hybridized carbons (Fsp3) is 0.488. The summed E-state index contributed by atoms with van der Waals surface area (Å²) in [5, 5.41) is 11.9. The topological polar surface area (TPSA) is 84.1 Å². The van der Waals surface area contributed by atoms with Crippen LogP contribution in [0.4, 0.5) is 0 Å². The number of nitrogens with zero attached hydrogens (tertiary/aromatic N) is 5. The lowest BCUT2D eigenvalue weighted by atomic mass is 9.81. The van der Waals surface area contributed by atoms with Gasteiger partial charge in [-0.25, -0.2) is 14.8 Å². The van der Waals surface area contributed by atoms with Gasteiger partial charge in [0.15, 0.2) is 5.69 Å². The summed E-state index contributed by atoms with van der Waals surface area (Å²) in [5.41, 5.74) is 9.60. The molecule has 7 heteroatoms. The van der Waals surface area contributed by atoms with Crippen molar-refractivity contribution in [2.45, 2.75) is 111 Å². The van der Waals surface area contributed by atoms with Crippen molar-refractivity contribution in [3.05, 3.63) is 77.1 Å². The van der Waals surface area contributed by atoms with E-state index in [1.807, 2.05) is 18.3 Å². The summed E-state index contributed by atoms with van der Waals surface area (Å²) in [5.74, 6) is 0.456. The minimum absolute atomic E-state index is 0.0934. The van der Waals surface area contributed by atoms with E-state index in [2.05, 4.69) is 84.4 Å². The number of aromatic nitrogens is 4. The van der Waals surface area contributed by atoms with Crippen molar-refractivity contribution in [1.82, 2.24) is 24.4 Å². The Morgan fingerprint density at radius 1 is 0.860 bits per heavy atom. The second-order valence-corrected chi connectivity index (χ2v) is 14.5. The van der Waals surface area contributed by atoms with Crippen LogP contribution in [-0.4, -0.2) is 55.1 Å². The van der Waals surface area contributed by atoms with Crippen LogP contribution in [-0.2, 0) is 6.54 Å². The van der Waals surface area contributed by atoms with Crippen molar-refractivity contribution in [2.24, 2.45) is 5.92 Å². The maximum absolute atomic E-state index is 11.8. The largest absolute Gasteiger partial charge is 0.477 e. The Morgan fingerprint density at radius 2 is 1.66 bits per heavy atom. The quantitative estimate of drug-likeness (QED) is 0.168. The van der Waals surface area contributed by atoms with Gasteiger partial charge in [-0.05, 0) is 130 Å². The lowest BCUT2D eigenvalue weighted by Gasteiger charge is -2.31. The summed E-state index contributed by atoms with van der Waals surface area (Å²) in [6.45, 7) is 15.7. The van der Waals surface area contributed by atoms with Crippen LogP contribution in [0.25, 0.3) is 44.6 Å². The number of benzene rings is 1. The van der Waals surface area contributed by atoms with Crippen molar-refractivity contribution >= 4 is 27.9 Å². The van der Waals surface area contributed by atoms with Gasteiger partial charge in [0.25, 0.3) is 0 Å². The van der Waals surface area contributed by atoms with E-state index in [0.717, 1.165) is 70.6 Å². The average molecular weight is 674 g/mol. The van der Waals surface area contributed by atoms with Crippen LogP contribution >= 0.6 is 0 Å². The average Bonchev–Trinajstić information content (AvgIpc) is 3.45. The van der Waals surface area contributed by atoms with E-state index < -0.39 is 5.97 Å². The molecule has 1 saturated heterocycles. The molecule has 0 radical (unpaired) electrons. The molecule has 1 aliphatic heterocycles. The van der Waals surface area contributed by atoms with Crippen LogP contribution in [0.15, 0.2) is 54.7 Å². The Balaban J connectivity index is 0.000000336. The van der Waals surface area contributed by atoms with Gasteiger partial charge < -0.3 is 14.6 Å². The highest BCUT2D eigenvalue weighted by atomic mass is 16.4. The SMILES string of the molecule is CCCC1CCCN(CC)C1.CCCn1c(-c2ccc3nc(-c4cc(C)ccn4)ccc3c2C)c(C2CCCCC2)c2ccc(C(=O)O)nc21. The molecule has 1 saturated carbocycles. The number of hydrogen-bond donors (Lipinski definition) is 1. The Labute approximate surface area is 298 Å². The van der Waals surface area contributed by atoms with Crippen LogP contribution in [0.3, 0.4) is 0 Å². The standard InChI is InChI=1S/C33H34N4O2.C10H21N/c1-4-18-37-31(30(22-8-6-5-7-9-22)25-12-15-28(33(38)39)36-32(25)37)24-11-13-26-23(21(24)3)10-14-27(35-26)29-19-20(2)16-17-34-29;1-3-6-10-7-5-8-11(4-2)9-10/h10-17,19,22H,4-9,18H2,1-3H3,(H,38,39);10H,3-9H2,1-2H3. The number of carbonyl (C=O) groups is 1. The molecule has 4 aromatic heterocycles. The Hall–Kier alpha value is -4.10. The number of fused-ring (bicyclic) bond motifs is 2. The van der Waals surface area contributed by atoms with Gasteiger partial charge in [-0.1, -0.05) is 58.6 Å². The van der Waals surface area contributed by atoms with E-state index in [1.165, 1.54) is 87.0 Å². The van der Waals surface area contributed by atoms with Crippen LogP contribution in [0.1, 0.15) is 118 Å². The highest BCUT2D eigenvalue weighted by Gasteiger charge is 2.28. The lowest BCUT2D eigenvalue weighted by Crippen LogP contribution is -2.34. The van der Waals surface area contributed by atoms with E-state index in [1.54, 1.807) is 6.07 Å². The zero-order chi connectivity index (χ0) is 35.2. The number of hydrogen-bond acceptors (Lipinski definition) is 5. The Morgan fingerprint density at radius 3 is 2.38 bits per heavy atom. The molecule has 2 aliphatic rings. The molecule has 1 N–H and O–H groups in total. The van der Waals surface area contributed by atoms with Gasteiger partial charge in [0.05, 0.1) is 22.6 Å².